The van der Waals surface area contributed by atoms with Gasteiger partial charge in [0.15, 0.2) is 0 Å². The zero-order chi connectivity index (χ0) is 20.4. The number of hydrogen-bond donors (Lipinski definition) is 1. The Kier molecular flexibility index (Phi) is 6.23. The lowest BCUT2D eigenvalue weighted by molar-refractivity contribution is -0.139. The summed E-state index contributed by atoms with van der Waals surface area (Å²) in [7, 11) is 0. The van der Waals surface area contributed by atoms with Crippen LogP contribution in [0.1, 0.15) is 45.1 Å². The van der Waals surface area contributed by atoms with Crippen LogP contribution in [0.2, 0.25) is 0 Å². The lowest BCUT2D eigenvalue weighted by atomic mass is 9.74. The molecule has 3 aliphatic heterocycles. The molecule has 4 atom stereocenters. The molecule has 1 N–H and O–H groups in total. The predicted octanol–water partition coefficient (Wildman–Crippen LogP) is 2.70. The number of nitrogens with one attached hydrogen (secondary N) is 1. The van der Waals surface area contributed by atoms with E-state index >= 15 is 0 Å². The molecule has 29 heavy (non-hydrogen) atoms. The minimum atomic E-state index is -0.0825. The van der Waals surface area contributed by atoms with Crippen molar-refractivity contribution in [1.82, 2.24) is 15.1 Å². The zero-order valence-corrected chi connectivity index (χ0v) is 17.8. The maximum absolute atomic E-state index is 12.7. The Morgan fingerprint density at radius 3 is 2.66 bits per heavy atom. The number of nitrogens with zero attached hydrogens (tertiary/aromatic N) is 2. The van der Waals surface area contributed by atoms with E-state index in [-0.39, 0.29) is 24.3 Å². The lowest BCUT2D eigenvalue weighted by Crippen LogP contribution is -2.63. The minimum Gasteiger partial charge on any atom is -0.347 e. The number of fused-ring (bicyclic) bond motifs is 4. The number of carbonyl (C=O) groups excluding carboxylic acids is 2. The van der Waals surface area contributed by atoms with Gasteiger partial charge in [0.1, 0.15) is 0 Å². The van der Waals surface area contributed by atoms with Gasteiger partial charge in [0.2, 0.25) is 11.8 Å². The molecule has 0 saturated carbocycles. The molecule has 0 radical (unpaired) electrons. The molecule has 0 unspecified atom stereocenters. The number of rotatable bonds is 5. The van der Waals surface area contributed by atoms with E-state index in [1.807, 2.05) is 18.7 Å². The summed E-state index contributed by atoms with van der Waals surface area (Å²) in [5, 5.41) is 2.79. The van der Waals surface area contributed by atoms with Gasteiger partial charge in [-0.3, -0.25) is 14.5 Å². The fourth-order valence-electron chi connectivity index (χ4n) is 5.70. The first kappa shape index (κ1) is 20.4. The van der Waals surface area contributed by atoms with Crippen molar-refractivity contribution < 1.29 is 9.59 Å². The standard InChI is InChI=1S/C24H35N3O2/c1-17(2)24(29)25-13-23(28)26-14-19-11-20(16-26)22-10-6-9-21(27(22)15-19)12-18-7-4-3-5-8-18/h3-5,7-8,17,19-22H,6,9-16H2,1-2H3,(H,25,29)/t19-,20+,21+,22-/m0/s1. The summed E-state index contributed by atoms with van der Waals surface area (Å²) < 4.78 is 0. The normalized spacial score (nSPS) is 29.4. The van der Waals surface area contributed by atoms with Gasteiger partial charge >= 0.3 is 0 Å². The number of hydrogen-bond acceptors (Lipinski definition) is 3. The fourth-order valence-corrected chi connectivity index (χ4v) is 5.70. The Labute approximate surface area is 174 Å². The van der Waals surface area contributed by atoms with Crippen molar-refractivity contribution in [2.75, 3.05) is 26.2 Å². The first-order chi connectivity index (χ1) is 14.0. The SMILES string of the molecule is CC(C)C(=O)NCC(=O)N1C[C@@H]2C[C@H](C1)[C@@H]1CCC[C@H](Cc3ccccc3)N1C2. The third kappa shape index (κ3) is 4.66. The molecule has 3 heterocycles. The summed E-state index contributed by atoms with van der Waals surface area (Å²) in [6, 6.07) is 12.1. The van der Waals surface area contributed by atoms with Gasteiger partial charge < -0.3 is 10.2 Å². The van der Waals surface area contributed by atoms with Crippen molar-refractivity contribution in [2.24, 2.45) is 17.8 Å². The second kappa shape index (κ2) is 8.86. The third-order valence-electron chi connectivity index (χ3n) is 7.12. The van der Waals surface area contributed by atoms with Crippen LogP contribution in [0.25, 0.3) is 0 Å². The Morgan fingerprint density at radius 1 is 1.10 bits per heavy atom. The van der Waals surface area contributed by atoms with E-state index in [0.717, 1.165) is 26.1 Å². The topological polar surface area (TPSA) is 52.7 Å². The van der Waals surface area contributed by atoms with Crippen molar-refractivity contribution in [2.45, 2.75) is 58.0 Å². The van der Waals surface area contributed by atoms with Gasteiger partial charge in [0.05, 0.1) is 6.54 Å². The minimum absolute atomic E-state index is 0.0437. The van der Waals surface area contributed by atoms with E-state index in [1.165, 1.54) is 31.2 Å². The van der Waals surface area contributed by atoms with E-state index in [4.69, 9.17) is 0 Å². The highest BCUT2D eigenvalue weighted by Gasteiger charge is 2.45. The van der Waals surface area contributed by atoms with Crippen LogP contribution < -0.4 is 5.32 Å². The maximum Gasteiger partial charge on any atom is 0.241 e. The smallest absolute Gasteiger partial charge is 0.241 e. The van der Waals surface area contributed by atoms with Gasteiger partial charge in [-0.05, 0) is 43.1 Å². The van der Waals surface area contributed by atoms with Crippen molar-refractivity contribution in [1.29, 1.82) is 0 Å². The molecule has 3 aliphatic rings. The molecule has 3 fully saturated rings. The largest absolute Gasteiger partial charge is 0.347 e. The Morgan fingerprint density at radius 2 is 1.90 bits per heavy atom. The van der Waals surface area contributed by atoms with Crippen LogP contribution in [0.4, 0.5) is 0 Å². The van der Waals surface area contributed by atoms with E-state index in [2.05, 4.69) is 40.5 Å². The van der Waals surface area contributed by atoms with Crippen molar-refractivity contribution in [3.63, 3.8) is 0 Å². The van der Waals surface area contributed by atoms with Gasteiger partial charge in [-0.15, -0.1) is 0 Å². The molecule has 2 amide bonds. The van der Waals surface area contributed by atoms with E-state index in [0.29, 0.717) is 23.9 Å². The molecule has 0 aromatic heterocycles. The summed E-state index contributed by atoms with van der Waals surface area (Å²) in [6.07, 6.45) is 6.23. The second-order valence-corrected chi connectivity index (χ2v) is 9.57. The molecule has 0 aliphatic carbocycles. The highest BCUT2D eigenvalue weighted by Crippen LogP contribution is 2.40. The number of carbonyl (C=O) groups is 2. The third-order valence-corrected chi connectivity index (χ3v) is 7.12. The number of likely N-dealkylation sites (tertiary alicyclic amines) is 1. The predicted molar refractivity (Wildman–Crippen MR) is 114 cm³/mol. The zero-order valence-electron chi connectivity index (χ0n) is 17.8. The van der Waals surface area contributed by atoms with Crippen LogP contribution in [-0.2, 0) is 16.0 Å². The van der Waals surface area contributed by atoms with E-state index < -0.39 is 0 Å². The first-order valence-corrected chi connectivity index (χ1v) is 11.4. The molecule has 5 nitrogen and oxygen atoms in total. The number of amides is 2. The quantitative estimate of drug-likeness (QED) is 0.831. The summed E-state index contributed by atoms with van der Waals surface area (Å²) in [6.45, 7) is 6.66. The van der Waals surface area contributed by atoms with Crippen molar-refractivity contribution >= 4 is 11.8 Å². The van der Waals surface area contributed by atoms with Crippen LogP contribution in [0.15, 0.2) is 30.3 Å². The highest BCUT2D eigenvalue weighted by atomic mass is 16.2. The Balaban J connectivity index is 1.38. The molecule has 2 bridgehead atoms. The number of benzene rings is 1. The van der Waals surface area contributed by atoms with Crippen LogP contribution in [0, 0.1) is 17.8 Å². The molecule has 4 rings (SSSR count). The molecule has 158 valence electrons. The summed E-state index contributed by atoms with van der Waals surface area (Å²) in [5.74, 6) is 1.09. The monoisotopic (exact) mass is 397 g/mol. The van der Waals surface area contributed by atoms with E-state index in [9.17, 15) is 9.59 Å². The molecule has 3 saturated heterocycles. The lowest BCUT2D eigenvalue weighted by Gasteiger charge is -2.55. The summed E-state index contributed by atoms with van der Waals surface area (Å²) in [4.78, 5) is 29.3. The average molecular weight is 398 g/mol. The second-order valence-electron chi connectivity index (χ2n) is 9.57. The van der Waals surface area contributed by atoms with Crippen molar-refractivity contribution in [3.05, 3.63) is 35.9 Å². The molecule has 1 aromatic carbocycles. The fraction of sp³-hybridized carbons (Fsp3) is 0.667. The van der Waals surface area contributed by atoms with Gasteiger partial charge in [0.25, 0.3) is 0 Å². The van der Waals surface area contributed by atoms with Crippen LogP contribution >= 0.6 is 0 Å². The maximum atomic E-state index is 12.7. The Bertz CT molecular complexity index is 720. The molecule has 0 spiro atoms. The van der Waals surface area contributed by atoms with Crippen LogP contribution in [-0.4, -0.2) is 59.9 Å². The van der Waals surface area contributed by atoms with Gasteiger partial charge in [-0.2, -0.15) is 0 Å². The Hall–Kier alpha value is -1.88. The summed E-state index contributed by atoms with van der Waals surface area (Å²) >= 11 is 0. The highest BCUT2D eigenvalue weighted by molar-refractivity contribution is 5.85. The van der Waals surface area contributed by atoms with Gasteiger partial charge in [0, 0.05) is 37.6 Å². The molecular weight excluding hydrogens is 362 g/mol. The number of piperidine rings is 3. The van der Waals surface area contributed by atoms with Gasteiger partial charge in [-0.25, -0.2) is 0 Å². The summed E-state index contributed by atoms with van der Waals surface area (Å²) in [5.41, 5.74) is 1.44. The average Bonchev–Trinajstić information content (AvgIpc) is 2.73. The van der Waals surface area contributed by atoms with Crippen molar-refractivity contribution in [3.8, 4) is 0 Å². The van der Waals surface area contributed by atoms with Crippen LogP contribution in [0.5, 0.6) is 0 Å². The van der Waals surface area contributed by atoms with E-state index in [1.54, 1.807) is 0 Å². The first-order valence-electron chi connectivity index (χ1n) is 11.4. The molecular formula is C24H35N3O2. The van der Waals surface area contributed by atoms with Crippen LogP contribution in [0.3, 0.4) is 0 Å². The van der Waals surface area contributed by atoms with Gasteiger partial charge in [-0.1, -0.05) is 50.6 Å². The molecule has 5 heteroatoms. The molecule has 1 aromatic rings.